The summed E-state index contributed by atoms with van der Waals surface area (Å²) in [6, 6.07) is 32.8. The van der Waals surface area contributed by atoms with E-state index in [-0.39, 0.29) is 6.42 Å². The Hall–Kier alpha value is -5.17. The van der Waals surface area contributed by atoms with Crippen LogP contribution in [0.5, 0.6) is 11.5 Å². The Kier molecular flexibility index (Phi) is 8.32. The van der Waals surface area contributed by atoms with E-state index in [4.69, 9.17) is 9.47 Å². The van der Waals surface area contributed by atoms with E-state index in [1.54, 1.807) is 24.3 Å². The van der Waals surface area contributed by atoms with Gasteiger partial charge in [-0.15, -0.1) is 0 Å². The second kappa shape index (κ2) is 12.6. The summed E-state index contributed by atoms with van der Waals surface area (Å²) in [5, 5.41) is 13.3. The molecule has 2 N–H and O–H groups in total. The summed E-state index contributed by atoms with van der Waals surface area (Å²) in [7, 11) is 0. The maximum atomic E-state index is 12.9. The van der Waals surface area contributed by atoms with Gasteiger partial charge in [-0.2, -0.15) is 0 Å². The fourth-order valence-electron chi connectivity index (χ4n) is 4.25. The molecule has 0 saturated carbocycles. The normalized spacial score (nSPS) is 11.5. The Balaban J connectivity index is 1.33. The van der Waals surface area contributed by atoms with Gasteiger partial charge in [-0.05, 0) is 41.0 Å². The first-order chi connectivity index (χ1) is 19.5. The molecule has 0 radical (unpaired) electrons. The van der Waals surface area contributed by atoms with Crippen molar-refractivity contribution in [2.45, 2.75) is 25.7 Å². The summed E-state index contributed by atoms with van der Waals surface area (Å²) in [5.74, 6) is -0.611. The van der Waals surface area contributed by atoms with E-state index in [9.17, 15) is 14.7 Å². The summed E-state index contributed by atoms with van der Waals surface area (Å²) in [5.41, 5.74) is 3.73. The molecule has 1 aromatic heterocycles. The van der Waals surface area contributed by atoms with Crippen LogP contribution in [-0.2, 0) is 24.4 Å². The third-order valence-corrected chi connectivity index (χ3v) is 6.38. The highest BCUT2D eigenvalue weighted by Crippen LogP contribution is 2.31. The van der Waals surface area contributed by atoms with Gasteiger partial charge >= 0.3 is 5.97 Å². The number of carboxylic acid groups (broad SMARTS) is 1. The minimum Gasteiger partial charge on any atom is -0.485 e. The minimum absolute atomic E-state index is 0.0583. The standard InChI is InChI=1S/C33H28N2O5/c36-32(27-19-26-13-7-8-14-28(26)34-20-27)35-29(33(37)38)17-25-15-16-30(39-21-23-9-3-1-4-10-23)31(18-25)40-22-24-11-5-2-6-12-24/h1-16,18-20,29H,17,21-22H2,(H,35,36)(H,37,38)/t29-/m1/s1. The first-order valence-corrected chi connectivity index (χ1v) is 12.9. The number of para-hydroxylation sites is 1. The Labute approximate surface area is 232 Å². The molecule has 5 rings (SSSR count). The van der Waals surface area contributed by atoms with Gasteiger partial charge in [0.25, 0.3) is 5.91 Å². The van der Waals surface area contributed by atoms with Crippen LogP contribution in [0.4, 0.5) is 0 Å². The van der Waals surface area contributed by atoms with Crippen LogP contribution in [-0.4, -0.2) is 28.0 Å². The zero-order valence-electron chi connectivity index (χ0n) is 21.7. The van der Waals surface area contributed by atoms with Crippen LogP contribution in [0.25, 0.3) is 10.9 Å². The highest BCUT2D eigenvalue weighted by atomic mass is 16.5. The molecule has 0 saturated heterocycles. The van der Waals surface area contributed by atoms with Crippen LogP contribution < -0.4 is 14.8 Å². The summed E-state index contributed by atoms with van der Waals surface area (Å²) >= 11 is 0. The van der Waals surface area contributed by atoms with Gasteiger partial charge < -0.3 is 19.9 Å². The van der Waals surface area contributed by atoms with Gasteiger partial charge in [0.2, 0.25) is 0 Å². The Morgan fingerprint density at radius 2 is 1.35 bits per heavy atom. The van der Waals surface area contributed by atoms with Crippen molar-refractivity contribution < 1.29 is 24.2 Å². The Bertz CT molecular complexity index is 1610. The van der Waals surface area contributed by atoms with E-state index < -0.39 is 17.9 Å². The van der Waals surface area contributed by atoms with Crippen molar-refractivity contribution in [2.24, 2.45) is 0 Å². The lowest BCUT2D eigenvalue weighted by Gasteiger charge is -2.17. The van der Waals surface area contributed by atoms with Gasteiger partial charge in [0.15, 0.2) is 11.5 Å². The van der Waals surface area contributed by atoms with Gasteiger partial charge in [0.1, 0.15) is 19.3 Å². The second-order valence-electron chi connectivity index (χ2n) is 9.31. The number of amides is 1. The number of ether oxygens (including phenoxy) is 2. The molecule has 0 aliphatic heterocycles. The molecule has 200 valence electrons. The number of carbonyl (C=O) groups is 2. The number of hydrogen-bond donors (Lipinski definition) is 2. The highest BCUT2D eigenvalue weighted by molar-refractivity contribution is 5.99. The third kappa shape index (κ3) is 6.82. The molecule has 5 aromatic rings. The van der Waals surface area contributed by atoms with E-state index in [1.165, 1.54) is 6.20 Å². The van der Waals surface area contributed by atoms with Crippen molar-refractivity contribution >= 4 is 22.8 Å². The Morgan fingerprint density at radius 1 is 0.725 bits per heavy atom. The van der Waals surface area contributed by atoms with E-state index in [1.807, 2.05) is 84.9 Å². The molecule has 1 amide bonds. The summed E-state index contributed by atoms with van der Waals surface area (Å²) in [6.45, 7) is 0.676. The largest absolute Gasteiger partial charge is 0.485 e. The van der Waals surface area contributed by atoms with Crippen LogP contribution >= 0.6 is 0 Å². The maximum absolute atomic E-state index is 12.9. The summed E-state index contributed by atoms with van der Waals surface area (Å²) in [6.07, 6.45) is 1.51. The molecule has 0 spiro atoms. The topological polar surface area (TPSA) is 97.8 Å². The van der Waals surface area contributed by atoms with E-state index in [0.29, 0.717) is 35.8 Å². The number of nitrogens with zero attached hydrogens (tertiary/aromatic N) is 1. The van der Waals surface area contributed by atoms with Gasteiger partial charge in [0, 0.05) is 18.0 Å². The van der Waals surface area contributed by atoms with Crippen LogP contribution in [0.15, 0.2) is 115 Å². The average Bonchev–Trinajstić information content (AvgIpc) is 2.99. The number of carboxylic acids is 1. The molecule has 0 aliphatic carbocycles. The molecule has 7 heteroatoms. The third-order valence-electron chi connectivity index (χ3n) is 6.38. The number of hydrogen-bond acceptors (Lipinski definition) is 5. The van der Waals surface area contributed by atoms with Crippen LogP contribution in [0.1, 0.15) is 27.0 Å². The predicted molar refractivity (Wildman–Crippen MR) is 152 cm³/mol. The van der Waals surface area contributed by atoms with E-state index in [2.05, 4.69) is 10.3 Å². The predicted octanol–water partition coefficient (Wildman–Crippen LogP) is 5.82. The van der Waals surface area contributed by atoms with Gasteiger partial charge in [-0.3, -0.25) is 9.78 Å². The fourth-order valence-corrected chi connectivity index (χ4v) is 4.25. The minimum atomic E-state index is -1.16. The lowest BCUT2D eigenvalue weighted by atomic mass is 10.0. The van der Waals surface area contributed by atoms with Crippen molar-refractivity contribution in [3.8, 4) is 11.5 Å². The molecule has 4 aromatic carbocycles. The molecule has 7 nitrogen and oxygen atoms in total. The average molecular weight is 533 g/mol. The quantitative estimate of drug-likeness (QED) is 0.223. The van der Waals surface area contributed by atoms with Gasteiger partial charge in [-0.25, -0.2) is 4.79 Å². The van der Waals surface area contributed by atoms with E-state index >= 15 is 0 Å². The fraction of sp³-hybridized carbons (Fsp3) is 0.121. The lowest BCUT2D eigenvalue weighted by Crippen LogP contribution is -2.42. The monoisotopic (exact) mass is 532 g/mol. The number of nitrogens with one attached hydrogen (secondary N) is 1. The highest BCUT2D eigenvalue weighted by Gasteiger charge is 2.22. The number of fused-ring (bicyclic) bond motifs is 1. The molecular weight excluding hydrogens is 504 g/mol. The number of aromatic nitrogens is 1. The zero-order chi connectivity index (χ0) is 27.7. The number of rotatable bonds is 11. The molecule has 1 heterocycles. The van der Waals surface area contributed by atoms with Gasteiger partial charge in [0.05, 0.1) is 11.1 Å². The molecule has 1 atom stereocenters. The lowest BCUT2D eigenvalue weighted by molar-refractivity contribution is -0.139. The SMILES string of the molecule is O=C(N[C@H](Cc1ccc(OCc2ccccc2)c(OCc2ccccc2)c1)C(=O)O)c1cnc2ccccc2c1. The van der Waals surface area contributed by atoms with Crippen LogP contribution in [0, 0.1) is 0 Å². The maximum Gasteiger partial charge on any atom is 0.326 e. The zero-order valence-corrected chi connectivity index (χ0v) is 21.7. The first kappa shape index (κ1) is 26.4. The van der Waals surface area contributed by atoms with Crippen LogP contribution in [0.3, 0.4) is 0 Å². The number of pyridine rings is 1. The van der Waals surface area contributed by atoms with Crippen LogP contribution in [0.2, 0.25) is 0 Å². The number of aliphatic carboxylic acids is 1. The van der Waals surface area contributed by atoms with Crippen molar-refractivity contribution in [3.63, 3.8) is 0 Å². The van der Waals surface area contributed by atoms with Gasteiger partial charge in [-0.1, -0.05) is 84.9 Å². The Morgan fingerprint density at radius 3 is 2.02 bits per heavy atom. The molecule has 0 unspecified atom stereocenters. The van der Waals surface area contributed by atoms with Crippen molar-refractivity contribution in [1.29, 1.82) is 0 Å². The van der Waals surface area contributed by atoms with Crippen molar-refractivity contribution in [2.75, 3.05) is 0 Å². The second-order valence-corrected chi connectivity index (χ2v) is 9.31. The number of benzene rings is 4. The molecule has 0 aliphatic rings. The number of carbonyl (C=O) groups excluding carboxylic acids is 1. The molecular formula is C33H28N2O5. The molecule has 0 fully saturated rings. The first-order valence-electron chi connectivity index (χ1n) is 12.9. The van der Waals surface area contributed by atoms with E-state index in [0.717, 1.165) is 22.0 Å². The smallest absolute Gasteiger partial charge is 0.326 e. The molecule has 40 heavy (non-hydrogen) atoms. The van der Waals surface area contributed by atoms with Crippen molar-refractivity contribution in [3.05, 3.63) is 138 Å². The summed E-state index contributed by atoms with van der Waals surface area (Å²) < 4.78 is 12.2. The molecule has 0 bridgehead atoms. The van der Waals surface area contributed by atoms with Crippen molar-refractivity contribution in [1.82, 2.24) is 10.3 Å². The summed E-state index contributed by atoms with van der Waals surface area (Å²) in [4.78, 5) is 29.4.